The van der Waals surface area contributed by atoms with Crippen molar-refractivity contribution in [3.63, 3.8) is 0 Å². The highest BCUT2D eigenvalue weighted by atomic mass is 16.5. The highest BCUT2D eigenvalue weighted by Crippen LogP contribution is 2.33. The van der Waals surface area contributed by atoms with Crippen LogP contribution in [0.15, 0.2) is 103 Å². The van der Waals surface area contributed by atoms with Crippen LogP contribution in [0, 0.1) is 6.92 Å². The molecule has 160 valence electrons. The SMILES string of the molecule is Cc1ccccc1C(=O)Nc1ccc(Oc2ccc(C(C)(C)c3ccccc3)cc2)cc1. The van der Waals surface area contributed by atoms with E-state index in [9.17, 15) is 4.79 Å². The second kappa shape index (κ2) is 9.11. The first-order valence-electron chi connectivity index (χ1n) is 10.7. The van der Waals surface area contributed by atoms with Gasteiger partial charge >= 0.3 is 0 Å². The molecule has 4 aromatic carbocycles. The van der Waals surface area contributed by atoms with Gasteiger partial charge in [-0.05, 0) is 66.1 Å². The fourth-order valence-corrected chi connectivity index (χ4v) is 3.73. The van der Waals surface area contributed by atoms with Crippen LogP contribution in [0.5, 0.6) is 11.5 Å². The minimum absolute atomic E-state index is 0.0866. The third-order valence-electron chi connectivity index (χ3n) is 5.81. The Balaban J connectivity index is 1.41. The number of benzene rings is 4. The maximum atomic E-state index is 12.5. The van der Waals surface area contributed by atoms with E-state index in [2.05, 4.69) is 55.6 Å². The van der Waals surface area contributed by atoms with E-state index in [1.807, 2.05) is 73.7 Å². The Kier molecular flexibility index (Phi) is 6.09. The molecule has 1 N–H and O–H groups in total. The summed E-state index contributed by atoms with van der Waals surface area (Å²) in [5.74, 6) is 1.37. The molecular weight excluding hydrogens is 394 g/mol. The van der Waals surface area contributed by atoms with Crippen molar-refractivity contribution in [2.75, 3.05) is 5.32 Å². The van der Waals surface area contributed by atoms with Crippen molar-refractivity contribution in [2.45, 2.75) is 26.2 Å². The van der Waals surface area contributed by atoms with E-state index in [4.69, 9.17) is 4.74 Å². The molecule has 0 aromatic heterocycles. The lowest BCUT2D eigenvalue weighted by Gasteiger charge is -2.26. The summed E-state index contributed by atoms with van der Waals surface area (Å²) in [6.07, 6.45) is 0. The number of carbonyl (C=O) groups excluding carboxylic acids is 1. The first kappa shape index (κ1) is 21.4. The molecule has 0 radical (unpaired) electrons. The van der Waals surface area contributed by atoms with Gasteiger partial charge in [-0.2, -0.15) is 0 Å². The molecule has 0 aliphatic rings. The summed E-state index contributed by atoms with van der Waals surface area (Å²) in [5.41, 5.74) is 4.76. The van der Waals surface area contributed by atoms with Crippen LogP contribution in [0.3, 0.4) is 0 Å². The predicted molar refractivity (Wildman–Crippen MR) is 131 cm³/mol. The van der Waals surface area contributed by atoms with Crippen LogP contribution in [0.1, 0.15) is 40.9 Å². The summed E-state index contributed by atoms with van der Waals surface area (Å²) >= 11 is 0. The molecule has 0 unspecified atom stereocenters. The minimum atomic E-state index is -0.117. The standard InChI is InChI=1S/C29H27NO2/c1-21-9-7-8-12-27(21)28(31)30-24-15-19-26(20-16-24)32-25-17-13-23(14-18-25)29(2,3)22-10-5-4-6-11-22/h4-20H,1-3H3,(H,30,31). The Bertz CT molecular complexity index is 1190. The highest BCUT2D eigenvalue weighted by molar-refractivity contribution is 6.05. The third-order valence-corrected chi connectivity index (χ3v) is 5.81. The van der Waals surface area contributed by atoms with Gasteiger partial charge in [-0.3, -0.25) is 4.79 Å². The Morgan fingerprint density at radius 2 is 1.22 bits per heavy atom. The lowest BCUT2D eigenvalue weighted by atomic mass is 9.78. The van der Waals surface area contributed by atoms with Crippen molar-refractivity contribution in [1.29, 1.82) is 0 Å². The number of amides is 1. The maximum Gasteiger partial charge on any atom is 0.255 e. The minimum Gasteiger partial charge on any atom is -0.457 e. The molecule has 1 amide bonds. The van der Waals surface area contributed by atoms with Gasteiger partial charge in [-0.1, -0.05) is 74.5 Å². The molecule has 3 nitrogen and oxygen atoms in total. The lowest BCUT2D eigenvalue weighted by Crippen LogP contribution is -2.18. The molecule has 4 rings (SSSR count). The Morgan fingerprint density at radius 1 is 0.688 bits per heavy atom. The van der Waals surface area contributed by atoms with Crippen molar-refractivity contribution in [3.8, 4) is 11.5 Å². The monoisotopic (exact) mass is 421 g/mol. The Morgan fingerprint density at radius 3 is 1.84 bits per heavy atom. The van der Waals surface area contributed by atoms with Gasteiger partial charge in [-0.25, -0.2) is 0 Å². The molecule has 0 saturated carbocycles. The first-order valence-corrected chi connectivity index (χ1v) is 10.7. The van der Waals surface area contributed by atoms with E-state index in [-0.39, 0.29) is 11.3 Å². The lowest BCUT2D eigenvalue weighted by molar-refractivity contribution is 0.102. The van der Waals surface area contributed by atoms with Gasteiger partial charge in [0.1, 0.15) is 11.5 Å². The fraction of sp³-hybridized carbons (Fsp3) is 0.138. The van der Waals surface area contributed by atoms with E-state index in [0.717, 1.165) is 17.0 Å². The van der Waals surface area contributed by atoms with Gasteiger partial charge < -0.3 is 10.1 Å². The Labute approximate surface area is 189 Å². The van der Waals surface area contributed by atoms with Crippen LogP contribution in [-0.4, -0.2) is 5.91 Å². The Hall–Kier alpha value is -3.85. The maximum absolute atomic E-state index is 12.5. The molecule has 0 aliphatic heterocycles. The summed E-state index contributed by atoms with van der Waals surface area (Å²) in [7, 11) is 0. The number of aryl methyl sites for hydroxylation is 1. The van der Waals surface area contributed by atoms with Crippen LogP contribution < -0.4 is 10.1 Å². The molecular formula is C29H27NO2. The molecule has 3 heteroatoms. The molecule has 0 aliphatic carbocycles. The van der Waals surface area contributed by atoms with Crippen LogP contribution in [0.4, 0.5) is 5.69 Å². The molecule has 0 spiro atoms. The molecule has 4 aromatic rings. The van der Waals surface area contributed by atoms with Crippen LogP contribution in [-0.2, 0) is 5.41 Å². The normalized spacial score (nSPS) is 11.1. The van der Waals surface area contributed by atoms with Gasteiger partial charge in [0.15, 0.2) is 0 Å². The quantitative estimate of drug-likeness (QED) is 0.353. The average molecular weight is 422 g/mol. The number of hydrogen-bond donors (Lipinski definition) is 1. The van der Waals surface area contributed by atoms with Crippen molar-refractivity contribution < 1.29 is 9.53 Å². The summed E-state index contributed by atoms with van der Waals surface area (Å²) in [5, 5.41) is 2.94. The smallest absolute Gasteiger partial charge is 0.255 e. The summed E-state index contributed by atoms with van der Waals surface area (Å²) < 4.78 is 6.00. The van der Waals surface area contributed by atoms with Gasteiger partial charge in [0.05, 0.1) is 0 Å². The average Bonchev–Trinajstić information content (AvgIpc) is 2.81. The molecule has 0 fully saturated rings. The number of ether oxygens (including phenoxy) is 1. The largest absolute Gasteiger partial charge is 0.457 e. The van der Waals surface area contributed by atoms with Crippen LogP contribution >= 0.6 is 0 Å². The zero-order valence-electron chi connectivity index (χ0n) is 18.6. The van der Waals surface area contributed by atoms with Gasteiger partial charge in [0, 0.05) is 16.7 Å². The zero-order valence-corrected chi connectivity index (χ0v) is 18.6. The highest BCUT2D eigenvalue weighted by Gasteiger charge is 2.22. The van der Waals surface area contributed by atoms with Crippen LogP contribution in [0.25, 0.3) is 0 Å². The first-order chi connectivity index (χ1) is 15.4. The summed E-state index contributed by atoms with van der Waals surface area (Å²) in [6, 6.07) is 33.6. The summed E-state index contributed by atoms with van der Waals surface area (Å²) in [6.45, 7) is 6.38. The molecule has 32 heavy (non-hydrogen) atoms. The van der Waals surface area contributed by atoms with E-state index >= 15 is 0 Å². The molecule has 0 atom stereocenters. The molecule has 0 heterocycles. The predicted octanol–water partition coefficient (Wildman–Crippen LogP) is 7.37. The van der Waals surface area contributed by atoms with Crippen molar-refractivity contribution in [2.24, 2.45) is 0 Å². The summed E-state index contributed by atoms with van der Waals surface area (Å²) in [4.78, 5) is 12.5. The van der Waals surface area contributed by atoms with Gasteiger partial charge in [0.2, 0.25) is 0 Å². The van der Waals surface area contributed by atoms with E-state index in [0.29, 0.717) is 11.3 Å². The fourth-order valence-electron chi connectivity index (χ4n) is 3.73. The van der Waals surface area contributed by atoms with Crippen molar-refractivity contribution in [1.82, 2.24) is 0 Å². The second-order valence-electron chi connectivity index (χ2n) is 8.41. The molecule has 0 saturated heterocycles. The number of nitrogens with one attached hydrogen (secondary N) is 1. The van der Waals surface area contributed by atoms with Crippen LogP contribution in [0.2, 0.25) is 0 Å². The van der Waals surface area contributed by atoms with Gasteiger partial charge in [-0.15, -0.1) is 0 Å². The molecule has 0 bridgehead atoms. The number of anilines is 1. The third kappa shape index (κ3) is 4.73. The van der Waals surface area contributed by atoms with E-state index in [1.54, 1.807) is 0 Å². The van der Waals surface area contributed by atoms with Gasteiger partial charge in [0.25, 0.3) is 5.91 Å². The van der Waals surface area contributed by atoms with E-state index in [1.165, 1.54) is 11.1 Å². The number of rotatable bonds is 6. The topological polar surface area (TPSA) is 38.3 Å². The number of carbonyl (C=O) groups is 1. The number of hydrogen-bond acceptors (Lipinski definition) is 2. The second-order valence-corrected chi connectivity index (χ2v) is 8.41. The van der Waals surface area contributed by atoms with Crippen molar-refractivity contribution in [3.05, 3.63) is 125 Å². The zero-order chi connectivity index (χ0) is 22.6. The van der Waals surface area contributed by atoms with E-state index < -0.39 is 0 Å². The van der Waals surface area contributed by atoms with Crippen molar-refractivity contribution >= 4 is 11.6 Å².